The molecule has 5 nitrogen and oxygen atoms in total. The Bertz CT molecular complexity index is 552. The van der Waals surface area contributed by atoms with Crippen LogP contribution in [-0.4, -0.2) is 40.3 Å². The molecule has 0 aliphatic carbocycles. The third kappa shape index (κ3) is 3.01. The van der Waals surface area contributed by atoms with Crippen LogP contribution in [-0.2, 0) is 6.54 Å². The molecule has 0 bridgehead atoms. The molecule has 0 atom stereocenters. The van der Waals surface area contributed by atoms with Crippen LogP contribution in [0.15, 0.2) is 29.5 Å². The van der Waals surface area contributed by atoms with Crippen molar-refractivity contribution >= 4 is 23.2 Å². The maximum absolute atomic E-state index is 12.0. The second-order valence-electron chi connectivity index (χ2n) is 3.94. The van der Waals surface area contributed by atoms with Gasteiger partial charge in [0.05, 0.1) is 18.1 Å². The number of fused-ring (bicyclic) bond motifs is 1. The normalized spacial score (nSPS) is 10.5. The van der Waals surface area contributed by atoms with Crippen molar-refractivity contribution in [2.75, 3.05) is 20.6 Å². The number of likely N-dealkylation sites (N-methyl/N-ethyl adjacent to an activating group) is 1. The van der Waals surface area contributed by atoms with Gasteiger partial charge in [-0.3, -0.25) is 9.78 Å². The Labute approximate surface area is 105 Å². The Balaban J connectivity index is 0.00000144. The molecule has 2 aromatic heterocycles. The van der Waals surface area contributed by atoms with E-state index in [0.29, 0.717) is 11.9 Å². The Morgan fingerprint density at radius 1 is 1.35 bits per heavy atom. The first-order chi connectivity index (χ1) is 7.68. The van der Waals surface area contributed by atoms with E-state index in [0.717, 1.165) is 11.9 Å². The zero-order valence-corrected chi connectivity index (χ0v) is 10.6. The van der Waals surface area contributed by atoms with E-state index < -0.39 is 0 Å². The topological polar surface area (TPSA) is 51.0 Å². The van der Waals surface area contributed by atoms with Crippen molar-refractivity contribution < 1.29 is 0 Å². The minimum Gasteiger partial charge on any atom is -0.308 e. The fraction of sp³-hybridized carbons (Fsp3) is 0.364. The molecule has 17 heavy (non-hydrogen) atoms. The molecule has 0 N–H and O–H groups in total. The first-order valence-electron chi connectivity index (χ1n) is 5.13. The molecule has 0 amide bonds. The summed E-state index contributed by atoms with van der Waals surface area (Å²) in [4.78, 5) is 18.0. The number of rotatable bonds is 3. The van der Waals surface area contributed by atoms with Gasteiger partial charge in [-0.1, -0.05) is 0 Å². The Kier molecular flexibility index (Phi) is 4.60. The van der Waals surface area contributed by atoms with Gasteiger partial charge in [-0.15, -0.1) is 12.4 Å². The molecule has 6 heteroatoms. The number of nitrogens with zero attached hydrogens (tertiary/aromatic N) is 4. The third-order valence-electron chi connectivity index (χ3n) is 2.41. The van der Waals surface area contributed by atoms with Gasteiger partial charge in [0.2, 0.25) is 0 Å². The van der Waals surface area contributed by atoms with Crippen LogP contribution in [0.25, 0.3) is 10.8 Å². The van der Waals surface area contributed by atoms with E-state index in [-0.39, 0.29) is 18.0 Å². The summed E-state index contributed by atoms with van der Waals surface area (Å²) >= 11 is 0. The van der Waals surface area contributed by atoms with Crippen LogP contribution >= 0.6 is 12.4 Å². The fourth-order valence-electron chi connectivity index (χ4n) is 1.48. The number of halogens is 1. The van der Waals surface area contributed by atoms with Crippen molar-refractivity contribution in [2.24, 2.45) is 0 Å². The summed E-state index contributed by atoms with van der Waals surface area (Å²) in [5.74, 6) is 0. The Morgan fingerprint density at radius 2 is 2.12 bits per heavy atom. The number of pyridine rings is 1. The van der Waals surface area contributed by atoms with E-state index in [9.17, 15) is 4.79 Å². The molecule has 0 aromatic carbocycles. The van der Waals surface area contributed by atoms with E-state index in [4.69, 9.17) is 0 Å². The first kappa shape index (κ1) is 13.6. The smallest absolute Gasteiger partial charge is 0.274 e. The van der Waals surface area contributed by atoms with Crippen molar-refractivity contribution in [2.45, 2.75) is 6.54 Å². The second kappa shape index (κ2) is 5.75. The first-order valence-corrected chi connectivity index (χ1v) is 5.13. The van der Waals surface area contributed by atoms with E-state index >= 15 is 0 Å². The fourth-order valence-corrected chi connectivity index (χ4v) is 1.48. The maximum atomic E-state index is 12.0. The molecule has 92 valence electrons. The van der Waals surface area contributed by atoms with Crippen LogP contribution in [0.2, 0.25) is 0 Å². The van der Waals surface area contributed by atoms with E-state index in [1.165, 1.54) is 4.68 Å². The highest BCUT2D eigenvalue weighted by Crippen LogP contribution is 2.03. The lowest BCUT2D eigenvalue weighted by atomic mass is 10.2. The molecule has 2 aromatic rings. The average Bonchev–Trinajstić information content (AvgIpc) is 2.28. The van der Waals surface area contributed by atoms with Crippen LogP contribution in [0.5, 0.6) is 0 Å². The maximum Gasteiger partial charge on any atom is 0.274 e. The predicted molar refractivity (Wildman–Crippen MR) is 69.6 cm³/mol. The standard InChI is InChI=1S/C11H14N4O.ClH/c1-14(2)5-6-15-11(16)10-3-4-12-7-9(10)8-13-15;/h3-4,7-8H,5-6H2,1-2H3;1H. The largest absolute Gasteiger partial charge is 0.308 e. The van der Waals surface area contributed by atoms with E-state index in [1.54, 1.807) is 24.7 Å². The van der Waals surface area contributed by atoms with Gasteiger partial charge < -0.3 is 4.90 Å². The van der Waals surface area contributed by atoms with Crippen molar-refractivity contribution in [3.63, 3.8) is 0 Å². The summed E-state index contributed by atoms with van der Waals surface area (Å²) < 4.78 is 1.49. The van der Waals surface area contributed by atoms with Gasteiger partial charge >= 0.3 is 0 Å². The summed E-state index contributed by atoms with van der Waals surface area (Å²) in [6.45, 7) is 1.40. The molecule has 0 saturated heterocycles. The summed E-state index contributed by atoms with van der Waals surface area (Å²) in [5.41, 5.74) is -0.0539. The predicted octanol–water partition coefficient (Wildman–Crippen LogP) is 0.775. The lowest BCUT2D eigenvalue weighted by molar-refractivity contribution is 0.368. The van der Waals surface area contributed by atoms with Crippen molar-refractivity contribution in [1.29, 1.82) is 0 Å². The van der Waals surface area contributed by atoms with E-state index in [2.05, 4.69) is 10.1 Å². The molecule has 0 fully saturated rings. The van der Waals surface area contributed by atoms with Crippen molar-refractivity contribution in [3.8, 4) is 0 Å². The van der Waals surface area contributed by atoms with Gasteiger partial charge in [-0.05, 0) is 20.2 Å². The SMILES string of the molecule is CN(C)CCn1ncc2cnccc2c1=O.Cl. The molecule has 2 rings (SSSR count). The van der Waals surface area contributed by atoms with Gasteiger partial charge in [-0.25, -0.2) is 4.68 Å². The molecule has 0 saturated carbocycles. The lowest BCUT2D eigenvalue weighted by Crippen LogP contribution is -2.28. The molecule has 0 aliphatic rings. The molecule has 0 aliphatic heterocycles. The zero-order valence-electron chi connectivity index (χ0n) is 9.83. The van der Waals surface area contributed by atoms with Crippen molar-refractivity contribution in [3.05, 3.63) is 35.0 Å². The summed E-state index contributed by atoms with van der Waals surface area (Å²) in [7, 11) is 3.94. The minimum absolute atomic E-state index is 0. The third-order valence-corrected chi connectivity index (χ3v) is 2.41. The highest BCUT2D eigenvalue weighted by atomic mass is 35.5. The number of hydrogen-bond acceptors (Lipinski definition) is 4. The van der Waals surface area contributed by atoms with Crippen LogP contribution < -0.4 is 5.56 Å². The number of aromatic nitrogens is 3. The quantitative estimate of drug-likeness (QED) is 0.812. The molecule has 0 spiro atoms. The highest BCUT2D eigenvalue weighted by molar-refractivity contribution is 5.85. The Hall–Kier alpha value is -1.46. The van der Waals surface area contributed by atoms with Gasteiger partial charge in [-0.2, -0.15) is 5.10 Å². The lowest BCUT2D eigenvalue weighted by Gasteiger charge is -2.10. The van der Waals surface area contributed by atoms with Crippen LogP contribution in [0, 0.1) is 0 Å². The van der Waals surface area contributed by atoms with Crippen LogP contribution in [0.3, 0.4) is 0 Å². The van der Waals surface area contributed by atoms with Gasteiger partial charge in [0.15, 0.2) is 0 Å². The Morgan fingerprint density at radius 3 is 2.82 bits per heavy atom. The average molecular weight is 255 g/mol. The van der Waals surface area contributed by atoms with Crippen LogP contribution in [0.4, 0.5) is 0 Å². The summed E-state index contributed by atoms with van der Waals surface area (Å²) in [6.07, 6.45) is 4.96. The van der Waals surface area contributed by atoms with Gasteiger partial charge in [0.1, 0.15) is 0 Å². The molecule has 2 heterocycles. The zero-order chi connectivity index (χ0) is 11.5. The summed E-state index contributed by atoms with van der Waals surface area (Å²) in [6, 6.07) is 1.73. The molecule has 0 unspecified atom stereocenters. The summed E-state index contributed by atoms with van der Waals surface area (Å²) in [5, 5.41) is 5.57. The van der Waals surface area contributed by atoms with Gasteiger partial charge in [0, 0.05) is 24.3 Å². The number of hydrogen-bond donors (Lipinski definition) is 0. The molecular weight excluding hydrogens is 240 g/mol. The monoisotopic (exact) mass is 254 g/mol. The highest BCUT2D eigenvalue weighted by Gasteiger charge is 2.03. The minimum atomic E-state index is -0.0539. The van der Waals surface area contributed by atoms with Crippen LogP contribution in [0.1, 0.15) is 0 Å². The van der Waals surface area contributed by atoms with Gasteiger partial charge in [0.25, 0.3) is 5.56 Å². The molecular formula is C11H15ClN4O. The molecule has 0 radical (unpaired) electrons. The van der Waals surface area contributed by atoms with E-state index in [1.807, 2.05) is 19.0 Å². The second-order valence-corrected chi connectivity index (χ2v) is 3.94. The van der Waals surface area contributed by atoms with Crippen molar-refractivity contribution in [1.82, 2.24) is 19.7 Å².